The molecule has 5 atom stereocenters. The first-order chi connectivity index (χ1) is 15.5. The van der Waals surface area contributed by atoms with E-state index in [1.807, 2.05) is 12.1 Å². The van der Waals surface area contributed by atoms with Crippen molar-refractivity contribution in [1.29, 1.82) is 0 Å². The van der Waals surface area contributed by atoms with E-state index in [0.29, 0.717) is 23.3 Å². The number of aromatic nitrogens is 1. The van der Waals surface area contributed by atoms with E-state index in [1.165, 1.54) is 27.8 Å². The van der Waals surface area contributed by atoms with Crippen molar-refractivity contribution < 1.29 is 14.3 Å². The molecule has 1 aromatic heterocycles. The molecule has 2 fully saturated rings. The molecule has 3 aromatic rings. The largest absolute Gasteiger partial charge is 0.497 e. The SMILES string of the molecule is COc1ccc(N2C(=O)[C@@H]3[C@H]4C[C@@H](C)CC[C@@H]4c4c([nH]c5ccc(C)cc45)[C@@H]3C2=O)cc1. The number of nitrogens with zero attached hydrogens (tertiary/aromatic N) is 1. The monoisotopic (exact) mass is 428 g/mol. The molecule has 3 aliphatic rings. The Morgan fingerprint density at radius 3 is 2.56 bits per heavy atom. The highest BCUT2D eigenvalue weighted by Gasteiger charge is 2.58. The predicted octanol–water partition coefficient (Wildman–Crippen LogP) is 5.29. The highest BCUT2D eigenvalue weighted by molar-refractivity contribution is 6.24. The first-order valence-electron chi connectivity index (χ1n) is 11.6. The van der Waals surface area contributed by atoms with E-state index in [9.17, 15) is 9.59 Å². The number of benzene rings is 2. The molecule has 5 nitrogen and oxygen atoms in total. The molecule has 5 heteroatoms. The fraction of sp³-hybridized carbons (Fsp3) is 0.407. The molecule has 6 rings (SSSR count). The van der Waals surface area contributed by atoms with Gasteiger partial charge in [-0.1, -0.05) is 25.0 Å². The van der Waals surface area contributed by atoms with Gasteiger partial charge in [0, 0.05) is 16.6 Å². The van der Waals surface area contributed by atoms with Crippen LogP contribution in [-0.2, 0) is 9.59 Å². The van der Waals surface area contributed by atoms with E-state index < -0.39 is 5.92 Å². The van der Waals surface area contributed by atoms with Gasteiger partial charge in [0.05, 0.1) is 24.6 Å². The smallest absolute Gasteiger partial charge is 0.243 e. The molecule has 0 spiro atoms. The molecule has 2 aromatic carbocycles. The van der Waals surface area contributed by atoms with Gasteiger partial charge >= 0.3 is 0 Å². The number of anilines is 1. The maximum atomic E-state index is 13.8. The second-order valence-corrected chi connectivity index (χ2v) is 9.90. The topological polar surface area (TPSA) is 62.4 Å². The summed E-state index contributed by atoms with van der Waals surface area (Å²) in [6.45, 7) is 4.39. The van der Waals surface area contributed by atoms with Crippen LogP contribution in [-0.4, -0.2) is 23.9 Å². The number of fused-ring (bicyclic) bond motifs is 8. The number of imide groups is 1. The van der Waals surface area contributed by atoms with Crippen molar-refractivity contribution in [3.05, 3.63) is 59.3 Å². The normalized spacial score (nSPS) is 29.1. The zero-order chi connectivity index (χ0) is 22.1. The Morgan fingerprint density at radius 2 is 1.81 bits per heavy atom. The quantitative estimate of drug-likeness (QED) is 0.564. The number of methoxy groups -OCH3 is 1. The van der Waals surface area contributed by atoms with E-state index >= 15 is 0 Å². The number of H-pyrrole nitrogens is 1. The average Bonchev–Trinajstić information content (AvgIpc) is 3.28. The summed E-state index contributed by atoms with van der Waals surface area (Å²) in [5, 5.41) is 1.23. The molecule has 0 bridgehead atoms. The van der Waals surface area contributed by atoms with Gasteiger partial charge in [0.25, 0.3) is 0 Å². The van der Waals surface area contributed by atoms with Crippen LogP contribution in [0.1, 0.15) is 54.8 Å². The lowest BCUT2D eigenvalue weighted by molar-refractivity contribution is -0.123. The minimum atomic E-state index is -0.432. The number of carbonyl (C=O) groups is 2. The van der Waals surface area contributed by atoms with E-state index in [2.05, 4.69) is 37.0 Å². The van der Waals surface area contributed by atoms with E-state index in [-0.39, 0.29) is 23.7 Å². The second kappa shape index (κ2) is 6.96. The lowest BCUT2D eigenvalue weighted by atomic mass is 9.59. The van der Waals surface area contributed by atoms with Crippen LogP contribution in [0.4, 0.5) is 5.69 Å². The summed E-state index contributed by atoms with van der Waals surface area (Å²) < 4.78 is 5.26. The maximum Gasteiger partial charge on any atom is 0.243 e. The van der Waals surface area contributed by atoms with Gasteiger partial charge in [-0.05, 0) is 79.5 Å². The zero-order valence-electron chi connectivity index (χ0n) is 18.7. The highest BCUT2D eigenvalue weighted by atomic mass is 16.5. The van der Waals surface area contributed by atoms with Crippen LogP contribution in [0.5, 0.6) is 5.75 Å². The fourth-order valence-electron chi connectivity index (χ4n) is 6.58. The van der Waals surface area contributed by atoms with Crippen molar-refractivity contribution >= 4 is 28.4 Å². The first-order valence-corrected chi connectivity index (χ1v) is 11.6. The molecule has 1 saturated heterocycles. The third-order valence-corrected chi connectivity index (χ3v) is 8.01. The zero-order valence-corrected chi connectivity index (χ0v) is 18.7. The average molecular weight is 429 g/mol. The van der Waals surface area contributed by atoms with Gasteiger partial charge in [-0.25, -0.2) is 4.90 Å². The number of ether oxygens (including phenoxy) is 1. The summed E-state index contributed by atoms with van der Waals surface area (Å²) in [5.74, 6) is 0.933. The lowest BCUT2D eigenvalue weighted by Crippen LogP contribution is -2.39. The Balaban J connectivity index is 1.53. The molecular weight excluding hydrogens is 400 g/mol. The minimum Gasteiger partial charge on any atom is -0.497 e. The Morgan fingerprint density at radius 1 is 1.03 bits per heavy atom. The molecule has 32 heavy (non-hydrogen) atoms. The number of nitrogens with one attached hydrogen (secondary N) is 1. The minimum absolute atomic E-state index is 0.0465. The highest BCUT2D eigenvalue weighted by Crippen LogP contribution is 2.58. The Bertz CT molecular complexity index is 1240. The Kier molecular flexibility index (Phi) is 4.26. The Hall–Kier alpha value is -3.08. The van der Waals surface area contributed by atoms with Crippen LogP contribution in [0.15, 0.2) is 42.5 Å². The number of aromatic amines is 1. The molecule has 2 aliphatic carbocycles. The standard InChI is InChI=1S/C27H28N2O3/c1-14-4-10-18-19(12-14)23-24(25-22(18)20-13-15(2)5-11-21(20)28-25)27(31)29(26(23)30)16-6-8-17(32-3)9-7-16/h5-9,11,13-14,18-19,23-24,28H,4,10,12H2,1-3H3/t14-,18-,19-,23+,24+/m0/s1. The van der Waals surface area contributed by atoms with Gasteiger partial charge in [-0.2, -0.15) is 0 Å². The van der Waals surface area contributed by atoms with E-state index in [0.717, 1.165) is 24.1 Å². The summed E-state index contributed by atoms with van der Waals surface area (Å²) >= 11 is 0. The van der Waals surface area contributed by atoms with Crippen LogP contribution in [0.25, 0.3) is 10.9 Å². The van der Waals surface area contributed by atoms with E-state index in [1.54, 1.807) is 19.2 Å². The van der Waals surface area contributed by atoms with Gasteiger partial charge in [0.2, 0.25) is 11.8 Å². The predicted molar refractivity (Wildman–Crippen MR) is 124 cm³/mol. The number of aryl methyl sites for hydroxylation is 1. The lowest BCUT2D eigenvalue weighted by Gasteiger charge is -2.43. The van der Waals surface area contributed by atoms with Crippen molar-refractivity contribution in [1.82, 2.24) is 4.98 Å². The molecular formula is C27H28N2O3. The fourth-order valence-corrected chi connectivity index (χ4v) is 6.58. The summed E-state index contributed by atoms with van der Waals surface area (Å²) in [7, 11) is 1.61. The third kappa shape index (κ3) is 2.63. The number of amides is 2. The van der Waals surface area contributed by atoms with Crippen LogP contribution >= 0.6 is 0 Å². The first kappa shape index (κ1) is 19.6. The van der Waals surface area contributed by atoms with Crippen molar-refractivity contribution in [3.63, 3.8) is 0 Å². The molecule has 1 aliphatic heterocycles. The summed E-state index contributed by atoms with van der Waals surface area (Å²) in [6, 6.07) is 13.7. The van der Waals surface area contributed by atoms with Gasteiger partial charge in [-0.15, -0.1) is 0 Å². The Labute approximate surface area is 187 Å². The summed E-state index contributed by atoms with van der Waals surface area (Å²) in [4.78, 5) is 32.6. The van der Waals surface area contributed by atoms with Gasteiger partial charge < -0.3 is 9.72 Å². The van der Waals surface area contributed by atoms with Gasteiger partial charge in [0.1, 0.15) is 5.75 Å². The van der Waals surface area contributed by atoms with Crippen molar-refractivity contribution in [2.75, 3.05) is 12.0 Å². The molecule has 0 unspecified atom stereocenters. The number of rotatable bonds is 2. The third-order valence-electron chi connectivity index (χ3n) is 8.01. The van der Waals surface area contributed by atoms with Crippen LogP contribution in [0.2, 0.25) is 0 Å². The van der Waals surface area contributed by atoms with Crippen molar-refractivity contribution in [3.8, 4) is 5.75 Å². The molecule has 164 valence electrons. The molecule has 2 heterocycles. The van der Waals surface area contributed by atoms with Gasteiger partial charge in [0.15, 0.2) is 0 Å². The molecule has 1 N–H and O–H groups in total. The second-order valence-electron chi connectivity index (χ2n) is 9.90. The maximum absolute atomic E-state index is 13.8. The van der Waals surface area contributed by atoms with Crippen molar-refractivity contribution in [2.24, 2.45) is 17.8 Å². The van der Waals surface area contributed by atoms with Crippen LogP contribution in [0.3, 0.4) is 0 Å². The van der Waals surface area contributed by atoms with Crippen LogP contribution < -0.4 is 9.64 Å². The molecule has 0 radical (unpaired) electrons. The number of hydrogen-bond acceptors (Lipinski definition) is 3. The van der Waals surface area contributed by atoms with Crippen LogP contribution in [0, 0.1) is 24.7 Å². The van der Waals surface area contributed by atoms with E-state index in [4.69, 9.17) is 4.74 Å². The number of hydrogen-bond donors (Lipinski definition) is 1. The van der Waals surface area contributed by atoms with Crippen molar-refractivity contribution in [2.45, 2.75) is 44.9 Å². The summed E-state index contributed by atoms with van der Waals surface area (Å²) in [6.07, 6.45) is 3.24. The number of carbonyl (C=O) groups excluding carboxylic acids is 2. The molecule has 2 amide bonds. The molecule has 1 saturated carbocycles. The summed E-state index contributed by atoms with van der Waals surface area (Å²) in [5.41, 5.74) is 5.18. The van der Waals surface area contributed by atoms with Gasteiger partial charge in [-0.3, -0.25) is 9.59 Å².